The molecule has 9 nitrogen and oxygen atoms in total. The van der Waals surface area contributed by atoms with Crippen LogP contribution in [-0.2, 0) is 14.4 Å². The summed E-state index contributed by atoms with van der Waals surface area (Å²) in [5.74, 6) is -0.856. The van der Waals surface area contributed by atoms with Crippen LogP contribution in [0.3, 0.4) is 0 Å². The van der Waals surface area contributed by atoms with Crippen molar-refractivity contribution in [2.24, 2.45) is 17.6 Å². The Morgan fingerprint density at radius 2 is 2.04 bits per heavy atom. The van der Waals surface area contributed by atoms with E-state index in [1.165, 1.54) is 0 Å². The lowest BCUT2D eigenvalue weighted by Crippen LogP contribution is -2.50. The number of rotatable bonds is 6. The number of hydrogen-bond acceptors (Lipinski definition) is 5. The molecular formula is C17H27N5O4. The topological polar surface area (TPSA) is 125 Å². The number of imide groups is 1. The number of amides is 5. The predicted octanol–water partition coefficient (Wildman–Crippen LogP) is -0.980. The molecule has 0 spiro atoms. The van der Waals surface area contributed by atoms with E-state index in [1.54, 1.807) is 11.8 Å². The minimum atomic E-state index is -0.885. The summed E-state index contributed by atoms with van der Waals surface area (Å²) in [6.07, 6.45) is 3.25. The smallest absolute Gasteiger partial charge is 0.325 e. The largest absolute Gasteiger partial charge is 0.355 e. The zero-order valence-electron chi connectivity index (χ0n) is 15.1. The van der Waals surface area contributed by atoms with Gasteiger partial charge in [0.1, 0.15) is 12.1 Å². The quantitative estimate of drug-likeness (QED) is 0.522. The van der Waals surface area contributed by atoms with E-state index in [9.17, 15) is 19.2 Å². The normalized spacial score (nSPS) is 28.9. The summed E-state index contributed by atoms with van der Waals surface area (Å²) < 4.78 is 0. The number of piperidine rings is 1. The molecule has 0 radical (unpaired) electrons. The van der Waals surface area contributed by atoms with E-state index in [4.69, 9.17) is 5.73 Å². The van der Waals surface area contributed by atoms with Gasteiger partial charge in [-0.3, -0.25) is 19.3 Å². The van der Waals surface area contributed by atoms with Crippen molar-refractivity contribution in [3.05, 3.63) is 0 Å². The summed E-state index contributed by atoms with van der Waals surface area (Å²) >= 11 is 0. The standard InChI is InChI=1S/C17H27N5O4/c1-17(12-4-5-12)15(25)22(16(26)20-17)10-13(23)21-8-2-3-11(9-21)14(24)19-7-6-18/h11-12H,2-10,18H2,1H3,(H,19,24)(H,20,26). The zero-order chi connectivity index (χ0) is 18.9. The van der Waals surface area contributed by atoms with Crippen LogP contribution in [0, 0.1) is 11.8 Å². The molecule has 2 unspecified atom stereocenters. The van der Waals surface area contributed by atoms with Crippen LogP contribution >= 0.6 is 0 Å². The maximum absolute atomic E-state index is 12.6. The summed E-state index contributed by atoms with van der Waals surface area (Å²) in [7, 11) is 0. The van der Waals surface area contributed by atoms with Crippen molar-refractivity contribution in [2.45, 2.75) is 38.1 Å². The second kappa shape index (κ2) is 7.22. The van der Waals surface area contributed by atoms with Gasteiger partial charge in [-0.2, -0.15) is 0 Å². The first-order valence-corrected chi connectivity index (χ1v) is 9.26. The Bertz CT molecular complexity index is 620. The molecule has 1 saturated carbocycles. The van der Waals surface area contributed by atoms with Crippen LogP contribution in [0.5, 0.6) is 0 Å². The fourth-order valence-electron chi connectivity index (χ4n) is 3.79. The third-order valence-corrected chi connectivity index (χ3v) is 5.58. The van der Waals surface area contributed by atoms with Gasteiger partial charge in [0.2, 0.25) is 11.8 Å². The van der Waals surface area contributed by atoms with Gasteiger partial charge in [-0.25, -0.2) is 4.79 Å². The van der Waals surface area contributed by atoms with Crippen LogP contribution in [0.25, 0.3) is 0 Å². The Balaban J connectivity index is 1.58. The molecular weight excluding hydrogens is 338 g/mol. The van der Waals surface area contributed by atoms with Crippen molar-refractivity contribution < 1.29 is 19.2 Å². The van der Waals surface area contributed by atoms with Crippen molar-refractivity contribution in [1.29, 1.82) is 0 Å². The van der Waals surface area contributed by atoms with Crippen molar-refractivity contribution in [2.75, 3.05) is 32.7 Å². The van der Waals surface area contributed by atoms with Crippen molar-refractivity contribution >= 4 is 23.8 Å². The number of carbonyl (C=O) groups is 4. The van der Waals surface area contributed by atoms with Crippen LogP contribution < -0.4 is 16.4 Å². The summed E-state index contributed by atoms with van der Waals surface area (Å²) in [6, 6.07) is -0.507. The van der Waals surface area contributed by atoms with Gasteiger partial charge in [-0.1, -0.05) is 0 Å². The summed E-state index contributed by atoms with van der Waals surface area (Å²) in [6.45, 7) is 3.07. The molecule has 3 aliphatic rings. The van der Waals surface area contributed by atoms with Crippen molar-refractivity contribution in [3.8, 4) is 0 Å². The van der Waals surface area contributed by atoms with Gasteiger partial charge in [0.15, 0.2) is 0 Å². The number of urea groups is 1. The number of carbonyl (C=O) groups excluding carboxylic acids is 4. The maximum atomic E-state index is 12.6. The molecule has 0 bridgehead atoms. The number of nitrogens with one attached hydrogen (secondary N) is 2. The highest BCUT2D eigenvalue weighted by molar-refractivity contribution is 6.09. The minimum Gasteiger partial charge on any atom is -0.355 e. The molecule has 3 fully saturated rings. The lowest BCUT2D eigenvalue weighted by molar-refractivity contribution is -0.141. The number of hydrogen-bond donors (Lipinski definition) is 3. The molecule has 5 amide bonds. The molecule has 2 heterocycles. The van der Waals surface area contributed by atoms with Crippen molar-refractivity contribution in [1.82, 2.24) is 20.4 Å². The SMILES string of the molecule is CC1(C2CC2)NC(=O)N(CC(=O)N2CCCC(C(=O)NCCN)C2)C1=O. The molecule has 2 aliphatic heterocycles. The highest BCUT2D eigenvalue weighted by atomic mass is 16.2. The highest BCUT2D eigenvalue weighted by Gasteiger charge is 2.56. The van der Waals surface area contributed by atoms with Gasteiger partial charge in [0.05, 0.1) is 5.92 Å². The van der Waals surface area contributed by atoms with Gasteiger partial charge in [0.25, 0.3) is 5.91 Å². The molecule has 0 aromatic rings. The molecule has 1 aliphatic carbocycles. The molecule has 9 heteroatoms. The average molecular weight is 365 g/mol. The Morgan fingerprint density at radius 3 is 2.69 bits per heavy atom. The molecule has 4 N–H and O–H groups in total. The molecule has 144 valence electrons. The molecule has 26 heavy (non-hydrogen) atoms. The van der Waals surface area contributed by atoms with Gasteiger partial charge >= 0.3 is 6.03 Å². The third kappa shape index (κ3) is 3.53. The molecule has 2 atom stereocenters. The van der Waals surface area contributed by atoms with E-state index in [2.05, 4.69) is 10.6 Å². The van der Waals surface area contributed by atoms with E-state index >= 15 is 0 Å². The second-order valence-electron chi connectivity index (χ2n) is 7.56. The number of likely N-dealkylation sites (tertiary alicyclic amines) is 1. The lowest BCUT2D eigenvalue weighted by atomic mass is 9.96. The average Bonchev–Trinajstić information content (AvgIpc) is 3.45. The van der Waals surface area contributed by atoms with Crippen LogP contribution in [0.15, 0.2) is 0 Å². The Hall–Kier alpha value is -2.16. The fourth-order valence-corrected chi connectivity index (χ4v) is 3.79. The predicted molar refractivity (Wildman–Crippen MR) is 92.7 cm³/mol. The van der Waals surface area contributed by atoms with Gasteiger partial charge in [-0.05, 0) is 38.5 Å². The Kier molecular flexibility index (Phi) is 5.17. The lowest BCUT2D eigenvalue weighted by Gasteiger charge is -2.32. The first-order chi connectivity index (χ1) is 12.4. The third-order valence-electron chi connectivity index (χ3n) is 5.58. The monoisotopic (exact) mass is 365 g/mol. The van der Waals surface area contributed by atoms with E-state index < -0.39 is 11.6 Å². The highest BCUT2D eigenvalue weighted by Crippen LogP contribution is 2.42. The maximum Gasteiger partial charge on any atom is 0.325 e. The zero-order valence-corrected chi connectivity index (χ0v) is 15.1. The second-order valence-corrected chi connectivity index (χ2v) is 7.56. The van der Waals surface area contributed by atoms with Gasteiger partial charge in [0, 0.05) is 26.2 Å². The van der Waals surface area contributed by atoms with Crippen LogP contribution in [0.2, 0.25) is 0 Å². The van der Waals surface area contributed by atoms with Gasteiger partial charge < -0.3 is 21.3 Å². The van der Waals surface area contributed by atoms with E-state index in [0.717, 1.165) is 17.7 Å². The van der Waals surface area contributed by atoms with Gasteiger partial charge in [-0.15, -0.1) is 0 Å². The van der Waals surface area contributed by atoms with Crippen LogP contribution in [-0.4, -0.2) is 71.8 Å². The minimum absolute atomic E-state index is 0.107. The molecule has 0 aromatic heterocycles. The van der Waals surface area contributed by atoms with E-state index in [1.807, 2.05) is 0 Å². The van der Waals surface area contributed by atoms with Crippen LogP contribution in [0.4, 0.5) is 4.79 Å². The molecule has 0 aromatic carbocycles. The first kappa shape index (κ1) is 18.6. The van der Waals surface area contributed by atoms with Crippen molar-refractivity contribution in [3.63, 3.8) is 0 Å². The first-order valence-electron chi connectivity index (χ1n) is 9.26. The Morgan fingerprint density at radius 1 is 1.31 bits per heavy atom. The van der Waals surface area contributed by atoms with Crippen LogP contribution in [0.1, 0.15) is 32.6 Å². The van der Waals surface area contributed by atoms with E-state index in [-0.39, 0.29) is 36.1 Å². The summed E-state index contributed by atoms with van der Waals surface area (Å²) in [5.41, 5.74) is 4.51. The fraction of sp³-hybridized carbons (Fsp3) is 0.765. The van der Waals surface area contributed by atoms with E-state index in [0.29, 0.717) is 39.0 Å². The molecule has 3 rings (SSSR count). The summed E-state index contributed by atoms with van der Waals surface area (Å²) in [4.78, 5) is 52.1. The number of nitrogens with two attached hydrogens (primary N) is 1. The molecule has 2 saturated heterocycles. The number of nitrogens with zero attached hydrogens (tertiary/aromatic N) is 2. The summed E-state index contributed by atoms with van der Waals surface area (Å²) in [5, 5.41) is 5.49. The Labute approximate surface area is 152 Å².